The zero-order valence-electron chi connectivity index (χ0n) is 31.8. The Bertz CT molecular complexity index is 1970. The van der Waals surface area contributed by atoms with Gasteiger partial charge in [0.2, 0.25) is 6.10 Å². The maximum absolute atomic E-state index is 14.4. The number of benzene rings is 4. The SMILES string of the molecule is CC[C@H](c1ccccc1)N1Cc2cc3c(cc2CC1C(=O)O[C@@H]1C[C@H](C)CC[C@H]1C(C)C)N(C)C(=O)[C@H](c1ccc(OCc2ccc(Cl)c(Cl)c2)cc1)O3. The third-order valence-corrected chi connectivity index (χ3v) is 12.4. The molecule has 6 atom stereocenters. The Hall–Kier alpha value is -4.04. The third kappa shape index (κ3) is 8.00. The lowest BCUT2D eigenvalue weighted by molar-refractivity contribution is -0.164. The van der Waals surface area contributed by atoms with Crippen LogP contribution < -0.4 is 14.4 Å². The van der Waals surface area contributed by atoms with Gasteiger partial charge in [-0.3, -0.25) is 14.5 Å². The van der Waals surface area contributed by atoms with Crippen molar-refractivity contribution in [3.05, 3.63) is 123 Å². The van der Waals surface area contributed by atoms with Gasteiger partial charge in [0.25, 0.3) is 5.91 Å². The summed E-state index contributed by atoms with van der Waals surface area (Å²) >= 11 is 12.2. The number of amides is 1. The molecule has 1 saturated carbocycles. The fourth-order valence-corrected chi connectivity index (χ4v) is 8.88. The average molecular weight is 770 g/mol. The van der Waals surface area contributed by atoms with Crippen LogP contribution in [0.4, 0.5) is 5.69 Å². The maximum Gasteiger partial charge on any atom is 0.324 e. The molecule has 0 aromatic heterocycles. The Morgan fingerprint density at radius 1 is 0.944 bits per heavy atom. The fraction of sp³-hybridized carbons (Fsp3) is 0.422. The van der Waals surface area contributed by atoms with Gasteiger partial charge in [0, 0.05) is 25.2 Å². The van der Waals surface area contributed by atoms with Crippen LogP contribution in [0.3, 0.4) is 0 Å². The van der Waals surface area contributed by atoms with Crippen LogP contribution in [0.1, 0.15) is 93.3 Å². The summed E-state index contributed by atoms with van der Waals surface area (Å²) < 4.78 is 19.0. The van der Waals surface area contributed by atoms with Crippen LogP contribution in [0, 0.1) is 17.8 Å². The van der Waals surface area contributed by atoms with Crippen molar-refractivity contribution in [1.29, 1.82) is 0 Å². The number of rotatable bonds is 10. The number of halogens is 2. The van der Waals surface area contributed by atoms with Crippen molar-refractivity contribution in [2.24, 2.45) is 17.8 Å². The van der Waals surface area contributed by atoms with Gasteiger partial charge in [-0.2, -0.15) is 0 Å². The number of hydrogen-bond acceptors (Lipinski definition) is 6. The Morgan fingerprint density at radius 2 is 1.70 bits per heavy atom. The number of hydrogen-bond donors (Lipinski definition) is 0. The van der Waals surface area contributed by atoms with Crippen LogP contribution in [-0.2, 0) is 33.9 Å². The van der Waals surface area contributed by atoms with E-state index < -0.39 is 12.1 Å². The highest BCUT2D eigenvalue weighted by Gasteiger charge is 2.42. The zero-order valence-corrected chi connectivity index (χ0v) is 33.3. The molecular formula is C45H50Cl2N2O5. The van der Waals surface area contributed by atoms with Gasteiger partial charge in [-0.25, -0.2) is 0 Å². The summed E-state index contributed by atoms with van der Waals surface area (Å²) in [5.74, 6) is 2.32. The van der Waals surface area contributed by atoms with Crippen LogP contribution >= 0.6 is 23.2 Å². The van der Waals surface area contributed by atoms with Gasteiger partial charge in [-0.15, -0.1) is 0 Å². The first-order chi connectivity index (χ1) is 26.0. The maximum atomic E-state index is 14.4. The van der Waals surface area contributed by atoms with E-state index in [1.54, 1.807) is 24.1 Å². The molecule has 1 unspecified atom stereocenters. The second-order valence-corrected chi connectivity index (χ2v) is 16.4. The van der Waals surface area contributed by atoms with E-state index >= 15 is 0 Å². The van der Waals surface area contributed by atoms with Gasteiger partial charge < -0.3 is 19.1 Å². The first-order valence-electron chi connectivity index (χ1n) is 19.3. The number of fused-ring (bicyclic) bond motifs is 2. The topological polar surface area (TPSA) is 68.3 Å². The molecule has 4 aromatic rings. The van der Waals surface area contributed by atoms with E-state index in [1.165, 1.54) is 12.0 Å². The normalized spacial score (nSPS) is 23.3. The third-order valence-electron chi connectivity index (χ3n) is 11.7. The fourth-order valence-electron chi connectivity index (χ4n) is 8.56. The van der Waals surface area contributed by atoms with Crippen LogP contribution in [0.2, 0.25) is 10.0 Å². The Balaban J connectivity index is 1.14. The monoisotopic (exact) mass is 768 g/mol. The number of esters is 1. The van der Waals surface area contributed by atoms with Gasteiger partial charge in [-0.05, 0) is 102 Å². The standard InChI is InChI=1S/C45H50Cl2N2O5/c1-6-38(30-10-8-7-9-11-30)49-25-33-24-42-39(22-32(33)23-40(49)45(51)54-41-20-28(4)12-18-35(41)27(2)3)48(5)44(50)43(53-42)31-14-16-34(17-15-31)52-26-29-13-19-36(46)37(47)21-29/h7-11,13-17,19,21-22,24,27-28,35,38,40-41,43H,6,12,18,20,23,25-26H2,1-5H3/t28-,35+,38-,40?,41-,43+/m1/s1. The van der Waals surface area contributed by atoms with Crippen LogP contribution in [-0.4, -0.2) is 36.0 Å². The van der Waals surface area contributed by atoms with Gasteiger partial charge in [-0.1, -0.05) is 106 Å². The molecule has 0 radical (unpaired) electrons. The predicted octanol–water partition coefficient (Wildman–Crippen LogP) is 10.6. The highest BCUT2D eigenvalue weighted by atomic mass is 35.5. The molecule has 9 heteroatoms. The molecule has 7 nitrogen and oxygen atoms in total. The van der Waals surface area contributed by atoms with Gasteiger partial charge in [0.1, 0.15) is 30.3 Å². The first-order valence-corrected chi connectivity index (χ1v) is 20.0. The molecule has 7 rings (SSSR count). The molecule has 4 aromatic carbocycles. The van der Waals surface area contributed by atoms with Gasteiger partial charge in [0.05, 0.1) is 15.7 Å². The lowest BCUT2D eigenvalue weighted by atomic mass is 9.75. The summed E-state index contributed by atoms with van der Waals surface area (Å²) in [4.78, 5) is 32.2. The Morgan fingerprint density at radius 3 is 2.41 bits per heavy atom. The van der Waals surface area contributed by atoms with E-state index in [4.69, 9.17) is 37.4 Å². The number of likely N-dealkylation sites (N-methyl/N-ethyl adjacent to an activating group) is 1. The summed E-state index contributed by atoms with van der Waals surface area (Å²) in [5, 5.41) is 0.976. The predicted molar refractivity (Wildman–Crippen MR) is 214 cm³/mol. The van der Waals surface area contributed by atoms with Crippen molar-refractivity contribution in [2.75, 3.05) is 11.9 Å². The molecule has 1 amide bonds. The lowest BCUT2D eigenvalue weighted by Gasteiger charge is -2.43. The molecule has 0 spiro atoms. The molecule has 2 heterocycles. The minimum atomic E-state index is -0.813. The van der Waals surface area contributed by atoms with Crippen molar-refractivity contribution in [3.63, 3.8) is 0 Å². The first kappa shape index (κ1) is 38.2. The smallest absolute Gasteiger partial charge is 0.324 e. The lowest BCUT2D eigenvalue weighted by Crippen LogP contribution is -2.50. The summed E-state index contributed by atoms with van der Waals surface area (Å²) in [6.07, 6.45) is 3.60. The Kier molecular flexibility index (Phi) is 11.6. The molecule has 2 aliphatic heterocycles. The molecule has 0 N–H and O–H groups in total. The molecule has 3 aliphatic rings. The molecule has 54 heavy (non-hydrogen) atoms. The summed E-state index contributed by atoms with van der Waals surface area (Å²) in [6, 6.07) is 26.9. The van der Waals surface area contributed by atoms with Gasteiger partial charge >= 0.3 is 5.97 Å². The number of carbonyl (C=O) groups is 2. The van der Waals surface area contributed by atoms with Crippen molar-refractivity contribution < 1.29 is 23.8 Å². The number of nitrogens with zero attached hydrogens (tertiary/aromatic N) is 2. The molecule has 1 fully saturated rings. The van der Waals surface area contributed by atoms with Crippen LogP contribution in [0.15, 0.2) is 84.9 Å². The number of ether oxygens (including phenoxy) is 3. The van der Waals surface area contributed by atoms with E-state index in [9.17, 15) is 9.59 Å². The quantitative estimate of drug-likeness (QED) is 0.150. The average Bonchev–Trinajstić information content (AvgIpc) is 3.16. The van der Waals surface area contributed by atoms with Crippen molar-refractivity contribution in [1.82, 2.24) is 4.90 Å². The van der Waals surface area contributed by atoms with E-state index in [1.807, 2.05) is 42.5 Å². The van der Waals surface area contributed by atoms with E-state index in [-0.39, 0.29) is 24.0 Å². The zero-order chi connectivity index (χ0) is 38.1. The second-order valence-electron chi connectivity index (χ2n) is 15.6. The highest BCUT2D eigenvalue weighted by molar-refractivity contribution is 6.42. The number of anilines is 1. The Labute approximate surface area is 329 Å². The molecule has 284 valence electrons. The van der Waals surface area contributed by atoms with Crippen LogP contribution in [0.25, 0.3) is 0 Å². The molecule has 0 saturated heterocycles. The summed E-state index contributed by atoms with van der Waals surface area (Å²) in [7, 11) is 1.79. The summed E-state index contributed by atoms with van der Waals surface area (Å²) in [6.45, 7) is 9.81. The van der Waals surface area contributed by atoms with E-state index in [0.717, 1.165) is 41.5 Å². The van der Waals surface area contributed by atoms with E-state index in [0.29, 0.717) is 64.6 Å². The van der Waals surface area contributed by atoms with Crippen molar-refractivity contribution in [3.8, 4) is 11.5 Å². The van der Waals surface area contributed by atoms with Gasteiger partial charge in [0.15, 0.2) is 0 Å². The molecular weight excluding hydrogens is 719 g/mol. The summed E-state index contributed by atoms with van der Waals surface area (Å²) in [5.41, 5.74) is 5.64. The molecule has 1 aliphatic carbocycles. The minimum absolute atomic E-state index is 0.0226. The second kappa shape index (κ2) is 16.4. The minimum Gasteiger partial charge on any atom is -0.489 e. The molecule has 0 bridgehead atoms. The number of carbonyl (C=O) groups excluding carboxylic acids is 2. The largest absolute Gasteiger partial charge is 0.489 e. The van der Waals surface area contributed by atoms with Crippen LogP contribution in [0.5, 0.6) is 11.5 Å². The van der Waals surface area contributed by atoms with Crippen molar-refractivity contribution in [2.45, 2.75) is 97.2 Å². The van der Waals surface area contributed by atoms with E-state index in [2.05, 4.69) is 62.9 Å². The highest BCUT2D eigenvalue weighted by Crippen LogP contribution is 2.44. The van der Waals surface area contributed by atoms with Crippen molar-refractivity contribution >= 4 is 40.8 Å².